The van der Waals surface area contributed by atoms with Crippen molar-refractivity contribution in [1.82, 2.24) is 29.7 Å². The summed E-state index contributed by atoms with van der Waals surface area (Å²) in [4.78, 5) is 17.4. The average Bonchev–Trinajstić information content (AvgIpc) is 3.77. The molecule has 5 fully saturated rings. The summed E-state index contributed by atoms with van der Waals surface area (Å²) >= 11 is 0. The van der Waals surface area contributed by atoms with Crippen LogP contribution in [-0.2, 0) is 0 Å². The van der Waals surface area contributed by atoms with Crippen LogP contribution in [-0.4, -0.2) is 95.9 Å². The van der Waals surface area contributed by atoms with E-state index in [1.807, 2.05) is 12.3 Å². The maximum absolute atomic E-state index is 5.86. The predicted octanol–water partition coefficient (Wildman–Crippen LogP) is 4.74. The quantitative estimate of drug-likeness (QED) is 0.305. The van der Waals surface area contributed by atoms with Crippen molar-refractivity contribution >= 4 is 28.2 Å². The standard InChI is InChI=1S/C35H42N8O/c1-44-33-16-25(42-22-35(23-42)11-14-40(15-12-35)27-19-41(20-27)26-17-36-18-26)8-9-31(33)39-34-37-13-10-30(38-34)29-21-43(24-6-7-24)32-5-3-2-4-28(29)32/h2-5,8-10,13,16,21,24,26-27,36H,6-7,11-12,14-15,17-20,22-23H2,1H3,(H,37,38,39). The SMILES string of the molecule is COc1cc(N2CC3(CCN(C4CN(C5CNC5)C4)CC3)C2)ccc1Nc1nccc(-c2cn(C3CC3)c3ccccc23)n1. The van der Waals surface area contributed by atoms with Crippen LogP contribution in [0, 0.1) is 5.41 Å². The van der Waals surface area contributed by atoms with Crippen LogP contribution in [0.15, 0.2) is 60.9 Å². The molecule has 4 aliphatic heterocycles. The number of anilines is 3. The van der Waals surface area contributed by atoms with E-state index in [2.05, 4.69) is 83.5 Å². The van der Waals surface area contributed by atoms with Gasteiger partial charge in [0.25, 0.3) is 0 Å². The van der Waals surface area contributed by atoms with Crippen LogP contribution in [0.3, 0.4) is 0 Å². The molecular formula is C35H42N8O. The van der Waals surface area contributed by atoms with Crippen LogP contribution in [0.1, 0.15) is 31.7 Å². The lowest BCUT2D eigenvalue weighted by molar-refractivity contribution is -0.0384. The predicted molar refractivity (Wildman–Crippen MR) is 175 cm³/mol. The second-order valence-electron chi connectivity index (χ2n) is 13.8. The fourth-order valence-electron chi connectivity index (χ4n) is 7.91. The Morgan fingerprint density at radius 3 is 2.50 bits per heavy atom. The second-order valence-corrected chi connectivity index (χ2v) is 13.8. The van der Waals surface area contributed by atoms with E-state index < -0.39 is 0 Å². The smallest absolute Gasteiger partial charge is 0.227 e. The van der Waals surface area contributed by atoms with Gasteiger partial charge in [0.2, 0.25) is 5.95 Å². The molecule has 2 N–H and O–H groups in total. The Morgan fingerprint density at radius 2 is 1.75 bits per heavy atom. The molecule has 9 nitrogen and oxygen atoms in total. The third-order valence-electron chi connectivity index (χ3n) is 11.0. The van der Waals surface area contributed by atoms with Crippen LogP contribution in [0.5, 0.6) is 5.75 Å². The van der Waals surface area contributed by atoms with Crippen LogP contribution >= 0.6 is 0 Å². The van der Waals surface area contributed by atoms with Crippen molar-refractivity contribution in [2.45, 2.75) is 43.8 Å². The van der Waals surface area contributed by atoms with Crippen molar-refractivity contribution in [3.8, 4) is 17.0 Å². The largest absolute Gasteiger partial charge is 0.494 e. The number of nitrogens with zero attached hydrogens (tertiary/aromatic N) is 6. The molecule has 0 radical (unpaired) electrons. The normalized spacial score (nSPS) is 22.5. The van der Waals surface area contributed by atoms with Crippen molar-refractivity contribution < 1.29 is 4.74 Å². The maximum Gasteiger partial charge on any atom is 0.227 e. The van der Waals surface area contributed by atoms with Gasteiger partial charge in [-0.2, -0.15) is 0 Å². The number of methoxy groups -OCH3 is 1. The maximum atomic E-state index is 5.86. The summed E-state index contributed by atoms with van der Waals surface area (Å²) in [6.07, 6.45) is 9.23. The molecule has 4 saturated heterocycles. The minimum atomic E-state index is 0.471. The van der Waals surface area contributed by atoms with Crippen LogP contribution < -0.4 is 20.3 Å². The number of nitrogens with one attached hydrogen (secondary N) is 2. The van der Waals surface area contributed by atoms with E-state index in [0.717, 1.165) is 47.9 Å². The first-order valence-corrected chi connectivity index (χ1v) is 16.5. The third-order valence-corrected chi connectivity index (χ3v) is 11.0. The number of ether oxygens (including phenoxy) is 1. The number of likely N-dealkylation sites (tertiary alicyclic amines) is 2. The van der Waals surface area contributed by atoms with Gasteiger partial charge in [0.05, 0.1) is 18.5 Å². The van der Waals surface area contributed by atoms with Gasteiger partial charge >= 0.3 is 0 Å². The average molecular weight is 591 g/mol. The molecule has 1 spiro atoms. The van der Waals surface area contributed by atoms with Crippen molar-refractivity contribution in [3.63, 3.8) is 0 Å². The Bertz CT molecular complexity index is 1670. The van der Waals surface area contributed by atoms with Gasteiger partial charge in [-0.05, 0) is 63.0 Å². The molecular weight excluding hydrogens is 548 g/mol. The molecule has 6 heterocycles. The van der Waals surface area contributed by atoms with Gasteiger partial charge in [0, 0.05) is 103 Å². The highest BCUT2D eigenvalue weighted by molar-refractivity contribution is 5.95. The fraction of sp³-hybridized carbons (Fsp3) is 0.486. The van der Waals surface area contributed by atoms with Gasteiger partial charge in [-0.15, -0.1) is 0 Å². The molecule has 1 saturated carbocycles. The summed E-state index contributed by atoms with van der Waals surface area (Å²) in [6.45, 7) is 9.69. The minimum Gasteiger partial charge on any atom is -0.494 e. The number of hydrogen-bond acceptors (Lipinski definition) is 8. The Labute approximate surface area is 259 Å². The van der Waals surface area contributed by atoms with Crippen molar-refractivity contribution in [3.05, 3.63) is 60.9 Å². The summed E-state index contributed by atoms with van der Waals surface area (Å²) in [5.41, 5.74) is 5.94. The van der Waals surface area contributed by atoms with Crippen molar-refractivity contribution in [2.24, 2.45) is 5.41 Å². The van der Waals surface area contributed by atoms with Crippen LogP contribution in [0.25, 0.3) is 22.2 Å². The lowest BCUT2D eigenvalue weighted by atomic mass is 9.71. The highest BCUT2D eigenvalue weighted by Crippen LogP contribution is 2.45. The zero-order valence-corrected chi connectivity index (χ0v) is 25.6. The monoisotopic (exact) mass is 590 g/mol. The van der Waals surface area contributed by atoms with Crippen molar-refractivity contribution in [1.29, 1.82) is 0 Å². The number of piperidine rings is 1. The van der Waals surface area contributed by atoms with E-state index in [-0.39, 0.29) is 0 Å². The van der Waals surface area contributed by atoms with Gasteiger partial charge in [-0.1, -0.05) is 18.2 Å². The molecule has 9 heteroatoms. The first kappa shape index (κ1) is 26.7. The molecule has 0 amide bonds. The molecule has 0 unspecified atom stereocenters. The summed E-state index contributed by atoms with van der Waals surface area (Å²) in [7, 11) is 1.74. The molecule has 2 aromatic heterocycles. The van der Waals surface area contributed by atoms with E-state index in [1.54, 1.807) is 7.11 Å². The fourth-order valence-corrected chi connectivity index (χ4v) is 7.91. The van der Waals surface area contributed by atoms with Gasteiger partial charge in [-0.3, -0.25) is 9.80 Å². The van der Waals surface area contributed by atoms with Crippen molar-refractivity contribution in [2.75, 3.05) is 69.7 Å². The lowest BCUT2D eigenvalue weighted by Gasteiger charge is -2.58. The van der Waals surface area contributed by atoms with Crippen LogP contribution in [0.4, 0.5) is 17.3 Å². The van der Waals surface area contributed by atoms with Gasteiger partial charge in [0.15, 0.2) is 0 Å². The summed E-state index contributed by atoms with van der Waals surface area (Å²) in [5.74, 6) is 1.39. The van der Waals surface area contributed by atoms with E-state index in [4.69, 9.17) is 9.72 Å². The molecule has 228 valence electrons. The Kier molecular flexibility index (Phi) is 6.35. The molecule has 5 aliphatic rings. The first-order valence-electron chi connectivity index (χ1n) is 16.5. The molecule has 9 rings (SSSR count). The van der Waals surface area contributed by atoms with Crippen LogP contribution in [0.2, 0.25) is 0 Å². The number of benzene rings is 2. The Morgan fingerprint density at radius 1 is 0.932 bits per heavy atom. The second kappa shape index (κ2) is 10.5. The molecule has 44 heavy (non-hydrogen) atoms. The zero-order valence-electron chi connectivity index (χ0n) is 25.6. The number of rotatable bonds is 8. The minimum absolute atomic E-state index is 0.471. The van der Waals surface area contributed by atoms with E-state index >= 15 is 0 Å². The molecule has 2 aromatic carbocycles. The Balaban J connectivity index is 0.852. The summed E-state index contributed by atoms with van der Waals surface area (Å²) in [6, 6.07) is 19.3. The summed E-state index contributed by atoms with van der Waals surface area (Å²) in [5, 5.41) is 8.09. The topological polar surface area (TPSA) is 73.7 Å². The third kappa shape index (κ3) is 4.64. The molecule has 1 aliphatic carbocycles. The Hall–Kier alpha value is -3.66. The number of fused-ring (bicyclic) bond motifs is 1. The molecule has 4 aromatic rings. The number of para-hydroxylation sites is 1. The highest BCUT2D eigenvalue weighted by Gasteiger charge is 2.47. The molecule has 0 bridgehead atoms. The van der Waals surface area contributed by atoms with Gasteiger partial charge < -0.3 is 24.8 Å². The van der Waals surface area contributed by atoms with E-state index in [9.17, 15) is 0 Å². The summed E-state index contributed by atoms with van der Waals surface area (Å²) < 4.78 is 8.27. The zero-order chi connectivity index (χ0) is 29.3. The number of aromatic nitrogens is 3. The lowest BCUT2D eigenvalue weighted by Crippen LogP contribution is -2.70. The number of hydrogen-bond donors (Lipinski definition) is 2. The van der Waals surface area contributed by atoms with Gasteiger partial charge in [-0.25, -0.2) is 9.97 Å². The first-order chi connectivity index (χ1) is 21.6. The molecule has 0 atom stereocenters. The highest BCUT2D eigenvalue weighted by atomic mass is 16.5. The van der Waals surface area contributed by atoms with Gasteiger partial charge in [0.1, 0.15) is 5.75 Å². The van der Waals surface area contributed by atoms with E-state index in [1.165, 1.54) is 81.5 Å². The van der Waals surface area contributed by atoms with E-state index in [0.29, 0.717) is 17.4 Å².